The highest BCUT2D eigenvalue weighted by molar-refractivity contribution is 5.79. The normalized spacial score (nSPS) is 21.1. The first-order valence-corrected chi connectivity index (χ1v) is 11.4. The number of guanidine groups is 1. The number of ether oxygens (including phenoxy) is 2. The van der Waals surface area contributed by atoms with Crippen LogP contribution in [0.1, 0.15) is 30.9 Å². The number of hydrogen-bond acceptors (Lipinski definition) is 5. The molecule has 2 fully saturated rings. The van der Waals surface area contributed by atoms with Crippen LogP contribution in [-0.2, 0) is 22.6 Å². The fraction of sp³-hybridized carbons (Fsp3) is 0.696. The van der Waals surface area contributed by atoms with E-state index in [1.807, 2.05) is 7.05 Å². The van der Waals surface area contributed by atoms with Crippen LogP contribution in [0.15, 0.2) is 29.3 Å². The first kappa shape index (κ1) is 23.0. The summed E-state index contributed by atoms with van der Waals surface area (Å²) < 4.78 is 11.1. The van der Waals surface area contributed by atoms with Crippen LogP contribution in [0.4, 0.5) is 0 Å². The van der Waals surface area contributed by atoms with Crippen molar-refractivity contribution in [2.75, 3.05) is 66.1 Å². The number of aliphatic imine (C=N–C) groups is 1. The quantitative estimate of drug-likeness (QED) is 0.343. The van der Waals surface area contributed by atoms with E-state index < -0.39 is 0 Å². The standard InChI is InChI=1S/C23H39N5O2/c1-3-27-11-13-28(14-12-27)18-21-7-5-20(6-8-21)17-26-23(24-2)25-10-4-15-30-22-9-16-29-19-22/h5-8,22H,3-4,9-19H2,1-2H3,(H2,24,25,26). The van der Waals surface area contributed by atoms with Crippen molar-refractivity contribution in [3.8, 4) is 0 Å². The first-order valence-electron chi connectivity index (χ1n) is 11.4. The highest BCUT2D eigenvalue weighted by atomic mass is 16.5. The van der Waals surface area contributed by atoms with E-state index in [0.29, 0.717) is 0 Å². The molecule has 2 aliphatic rings. The van der Waals surface area contributed by atoms with Crippen molar-refractivity contribution in [2.45, 2.75) is 39.0 Å². The van der Waals surface area contributed by atoms with E-state index in [1.54, 1.807) is 0 Å². The van der Waals surface area contributed by atoms with Crippen molar-refractivity contribution >= 4 is 5.96 Å². The molecule has 3 rings (SSSR count). The minimum Gasteiger partial charge on any atom is -0.379 e. The van der Waals surface area contributed by atoms with Gasteiger partial charge < -0.3 is 25.0 Å². The molecule has 30 heavy (non-hydrogen) atoms. The van der Waals surface area contributed by atoms with Crippen molar-refractivity contribution in [2.24, 2.45) is 4.99 Å². The second-order valence-corrected chi connectivity index (χ2v) is 8.09. The lowest BCUT2D eigenvalue weighted by atomic mass is 10.1. The molecule has 1 unspecified atom stereocenters. The number of likely N-dealkylation sites (N-methyl/N-ethyl adjacent to an activating group) is 1. The zero-order chi connectivity index (χ0) is 21.0. The van der Waals surface area contributed by atoms with Crippen LogP contribution in [0.25, 0.3) is 0 Å². The molecule has 0 aromatic heterocycles. The maximum absolute atomic E-state index is 5.79. The predicted molar refractivity (Wildman–Crippen MR) is 122 cm³/mol. The van der Waals surface area contributed by atoms with Gasteiger partial charge in [-0.15, -0.1) is 0 Å². The summed E-state index contributed by atoms with van der Waals surface area (Å²) in [6.07, 6.45) is 2.26. The maximum Gasteiger partial charge on any atom is 0.191 e. The van der Waals surface area contributed by atoms with Crippen molar-refractivity contribution in [3.63, 3.8) is 0 Å². The van der Waals surface area contributed by atoms with E-state index >= 15 is 0 Å². The summed E-state index contributed by atoms with van der Waals surface area (Å²) in [6, 6.07) is 8.94. The molecule has 7 nitrogen and oxygen atoms in total. The third-order valence-corrected chi connectivity index (χ3v) is 5.88. The molecule has 0 spiro atoms. The molecule has 0 radical (unpaired) electrons. The van der Waals surface area contributed by atoms with Gasteiger partial charge >= 0.3 is 0 Å². The van der Waals surface area contributed by atoms with Gasteiger partial charge in [-0.05, 0) is 30.5 Å². The molecule has 0 aliphatic carbocycles. The summed E-state index contributed by atoms with van der Waals surface area (Å²) in [6.45, 7) is 13.1. The molecule has 168 valence electrons. The molecule has 0 amide bonds. The summed E-state index contributed by atoms with van der Waals surface area (Å²) in [5, 5.41) is 6.75. The monoisotopic (exact) mass is 417 g/mol. The number of nitrogens with one attached hydrogen (secondary N) is 2. The van der Waals surface area contributed by atoms with Gasteiger partial charge in [0.25, 0.3) is 0 Å². The molecule has 2 heterocycles. The Morgan fingerprint density at radius 1 is 1.10 bits per heavy atom. The van der Waals surface area contributed by atoms with Gasteiger partial charge in [0.05, 0.1) is 12.7 Å². The number of rotatable bonds is 10. The zero-order valence-electron chi connectivity index (χ0n) is 18.7. The van der Waals surface area contributed by atoms with E-state index in [-0.39, 0.29) is 6.10 Å². The van der Waals surface area contributed by atoms with Gasteiger partial charge in [-0.3, -0.25) is 9.89 Å². The Labute approximate surface area is 181 Å². The largest absolute Gasteiger partial charge is 0.379 e. The van der Waals surface area contributed by atoms with Gasteiger partial charge in [-0.25, -0.2) is 0 Å². The fourth-order valence-electron chi connectivity index (χ4n) is 3.86. The summed E-state index contributed by atoms with van der Waals surface area (Å²) in [5.74, 6) is 0.831. The topological polar surface area (TPSA) is 61.4 Å². The molecule has 2 saturated heterocycles. The number of benzene rings is 1. The van der Waals surface area contributed by atoms with Gasteiger partial charge in [0, 0.05) is 66.1 Å². The molecule has 0 bridgehead atoms. The molecule has 2 N–H and O–H groups in total. The van der Waals surface area contributed by atoms with E-state index in [4.69, 9.17) is 9.47 Å². The summed E-state index contributed by atoms with van der Waals surface area (Å²) in [5.41, 5.74) is 2.65. The zero-order valence-corrected chi connectivity index (χ0v) is 18.7. The molecule has 2 aliphatic heterocycles. The van der Waals surface area contributed by atoms with Crippen LogP contribution in [0.2, 0.25) is 0 Å². The van der Waals surface area contributed by atoms with Gasteiger partial charge in [0.15, 0.2) is 5.96 Å². The predicted octanol–water partition coefficient (Wildman–Crippen LogP) is 1.68. The van der Waals surface area contributed by atoms with E-state index in [1.165, 1.54) is 37.3 Å². The Morgan fingerprint density at radius 2 is 1.83 bits per heavy atom. The highest BCUT2D eigenvalue weighted by Crippen LogP contribution is 2.10. The number of nitrogens with zero attached hydrogens (tertiary/aromatic N) is 3. The van der Waals surface area contributed by atoms with Crippen LogP contribution >= 0.6 is 0 Å². The Hall–Kier alpha value is -1.67. The van der Waals surface area contributed by atoms with Gasteiger partial charge in [0.1, 0.15) is 0 Å². The Morgan fingerprint density at radius 3 is 2.50 bits per heavy atom. The smallest absolute Gasteiger partial charge is 0.191 e. The Bertz CT molecular complexity index is 623. The second-order valence-electron chi connectivity index (χ2n) is 8.09. The SMILES string of the molecule is CCN1CCN(Cc2ccc(CNC(=NC)NCCCOC3CCOC3)cc2)CC1. The summed E-state index contributed by atoms with van der Waals surface area (Å²) in [7, 11) is 1.81. The molecule has 7 heteroatoms. The van der Waals surface area contributed by atoms with Crippen LogP contribution < -0.4 is 10.6 Å². The summed E-state index contributed by atoms with van der Waals surface area (Å²) in [4.78, 5) is 9.38. The Balaban J connectivity index is 1.30. The third kappa shape index (κ3) is 7.87. The van der Waals surface area contributed by atoms with Crippen LogP contribution in [0.3, 0.4) is 0 Å². The second kappa shape index (κ2) is 12.9. The van der Waals surface area contributed by atoms with E-state index in [2.05, 4.69) is 56.6 Å². The number of piperazine rings is 1. The van der Waals surface area contributed by atoms with Crippen molar-refractivity contribution in [1.29, 1.82) is 0 Å². The first-order chi connectivity index (χ1) is 14.8. The van der Waals surface area contributed by atoms with Crippen molar-refractivity contribution in [1.82, 2.24) is 20.4 Å². The lowest BCUT2D eigenvalue weighted by Gasteiger charge is -2.34. The molecule has 0 saturated carbocycles. The Kier molecular flexibility index (Phi) is 9.89. The molecule has 1 atom stereocenters. The van der Waals surface area contributed by atoms with Crippen LogP contribution in [-0.4, -0.2) is 88.0 Å². The lowest BCUT2D eigenvalue weighted by Crippen LogP contribution is -2.45. The number of hydrogen-bond donors (Lipinski definition) is 2. The minimum atomic E-state index is 0.284. The van der Waals surface area contributed by atoms with Gasteiger partial charge in [-0.1, -0.05) is 31.2 Å². The molecular weight excluding hydrogens is 378 g/mol. The van der Waals surface area contributed by atoms with Crippen LogP contribution in [0.5, 0.6) is 0 Å². The average molecular weight is 418 g/mol. The van der Waals surface area contributed by atoms with Crippen molar-refractivity contribution in [3.05, 3.63) is 35.4 Å². The van der Waals surface area contributed by atoms with E-state index in [9.17, 15) is 0 Å². The molecular formula is C23H39N5O2. The average Bonchev–Trinajstić information content (AvgIpc) is 3.31. The lowest BCUT2D eigenvalue weighted by molar-refractivity contribution is 0.0420. The van der Waals surface area contributed by atoms with Gasteiger partial charge in [0.2, 0.25) is 0 Å². The van der Waals surface area contributed by atoms with Gasteiger partial charge in [-0.2, -0.15) is 0 Å². The van der Waals surface area contributed by atoms with Crippen LogP contribution in [0, 0.1) is 0 Å². The van der Waals surface area contributed by atoms with E-state index in [0.717, 1.165) is 64.8 Å². The molecule has 1 aromatic carbocycles. The minimum absolute atomic E-state index is 0.284. The maximum atomic E-state index is 5.79. The molecule has 1 aromatic rings. The highest BCUT2D eigenvalue weighted by Gasteiger charge is 2.16. The van der Waals surface area contributed by atoms with Crippen molar-refractivity contribution < 1.29 is 9.47 Å². The third-order valence-electron chi connectivity index (χ3n) is 5.88. The fourth-order valence-corrected chi connectivity index (χ4v) is 3.86. The summed E-state index contributed by atoms with van der Waals surface area (Å²) >= 11 is 0.